The van der Waals surface area contributed by atoms with Gasteiger partial charge in [-0.15, -0.1) is 0 Å². The number of carbonyl (C=O) groups excluding carboxylic acids is 1. The summed E-state index contributed by atoms with van der Waals surface area (Å²) in [7, 11) is 0. The minimum Gasteiger partial charge on any atom is -0.435 e. The van der Waals surface area contributed by atoms with Crippen molar-refractivity contribution >= 4 is 23.2 Å². The molecule has 7 heteroatoms. The van der Waals surface area contributed by atoms with Crippen molar-refractivity contribution in [3.8, 4) is 5.75 Å². The number of halogens is 4. The standard InChI is InChI=1S/C14H9ClF3NO2/c15-10-2-1-3-11(16)12(10)13(20)19-8-4-6-9(7-5-8)21-14(17)18/h1-7,14H,(H,19,20). The van der Waals surface area contributed by atoms with Crippen LogP contribution in [0.5, 0.6) is 5.75 Å². The third-order valence-corrected chi connectivity index (χ3v) is 2.84. The number of hydrogen-bond acceptors (Lipinski definition) is 2. The first-order chi connectivity index (χ1) is 9.97. The van der Waals surface area contributed by atoms with Crippen LogP contribution < -0.4 is 10.1 Å². The molecule has 0 unspecified atom stereocenters. The molecule has 0 aliphatic carbocycles. The molecule has 2 rings (SSSR count). The number of benzene rings is 2. The molecule has 3 nitrogen and oxygen atoms in total. The summed E-state index contributed by atoms with van der Waals surface area (Å²) in [4.78, 5) is 11.9. The molecule has 0 atom stereocenters. The molecule has 0 saturated heterocycles. The zero-order valence-corrected chi connectivity index (χ0v) is 11.2. The molecule has 21 heavy (non-hydrogen) atoms. The highest BCUT2D eigenvalue weighted by molar-refractivity contribution is 6.34. The van der Waals surface area contributed by atoms with Gasteiger partial charge in [-0.1, -0.05) is 17.7 Å². The lowest BCUT2D eigenvalue weighted by atomic mass is 10.2. The summed E-state index contributed by atoms with van der Waals surface area (Å²) in [5.74, 6) is -1.54. The topological polar surface area (TPSA) is 38.3 Å². The molecule has 1 N–H and O–H groups in total. The smallest absolute Gasteiger partial charge is 0.387 e. The first-order valence-electron chi connectivity index (χ1n) is 5.77. The Kier molecular flexibility index (Phi) is 4.70. The Balaban J connectivity index is 2.13. The Labute approximate surface area is 123 Å². The van der Waals surface area contributed by atoms with Gasteiger partial charge in [0, 0.05) is 5.69 Å². The molecule has 1 amide bonds. The third kappa shape index (κ3) is 3.88. The Hall–Kier alpha value is -2.21. The van der Waals surface area contributed by atoms with Crippen molar-refractivity contribution in [2.24, 2.45) is 0 Å². The minimum atomic E-state index is -2.93. The quantitative estimate of drug-likeness (QED) is 0.912. The van der Waals surface area contributed by atoms with Crippen molar-refractivity contribution in [3.05, 3.63) is 58.9 Å². The molecular formula is C14H9ClF3NO2. The highest BCUT2D eigenvalue weighted by atomic mass is 35.5. The SMILES string of the molecule is O=C(Nc1ccc(OC(F)F)cc1)c1c(F)cccc1Cl. The summed E-state index contributed by atoms with van der Waals surface area (Å²) in [5.41, 5.74) is 0.00742. The molecule has 0 spiro atoms. The van der Waals surface area contributed by atoms with Crippen LogP contribution >= 0.6 is 11.6 Å². The fraction of sp³-hybridized carbons (Fsp3) is 0.0714. The molecule has 2 aromatic rings. The summed E-state index contributed by atoms with van der Waals surface area (Å²) in [6.07, 6.45) is 0. The molecule has 110 valence electrons. The predicted molar refractivity (Wildman–Crippen MR) is 72.4 cm³/mol. The number of amides is 1. The van der Waals surface area contributed by atoms with Crippen molar-refractivity contribution < 1.29 is 22.7 Å². The number of carbonyl (C=O) groups is 1. The number of nitrogens with one attached hydrogen (secondary N) is 1. The van der Waals surface area contributed by atoms with Gasteiger partial charge in [-0.2, -0.15) is 8.78 Å². The second-order valence-electron chi connectivity index (χ2n) is 3.95. The van der Waals surface area contributed by atoms with Crippen LogP contribution in [-0.2, 0) is 0 Å². The van der Waals surface area contributed by atoms with Crippen molar-refractivity contribution in [1.82, 2.24) is 0 Å². The average molecular weight is 316 g/mol. The van der Waals surface area contributed by atoms with Gasteiger partial charge in [-0.05, 0) is 36.4 Å². The molecule has 0 fully saturated rings. The van der Waals surface area contributed by atoms with Gasteiger partial charge >= 0.3 is 6.61 Å². The maximum absolute atomic E-state index is 13.6. The minimum absolute atomic E-state index is 0.0230. The Morgan fingerprint density at radius 1 is 1.14 bits per heavy atom. The van der Waals surface area contributed by atoms with E-state index in [9.17, 15) is 18.0 Å². The second-order valence-corrected chi connectivity index (χ2v) is 4.36. The predicted octanol–water partition coefficient (Wildman–Crippen LogP) is 4.33. The Morgan fingerprint density at radius 2 is 1.81 bits per heavy atom. The molecule has 2 aromatic carbocycles. The number of rotatable bonds is 4. The summed E-state index contributed by atoms with van der Waals surface area (Å²) in [5, 5.41) is 2.39. The van der Waals surface area contributed by atoms with E-state index in [-0.39, 0.29) is 16.3 Å². The van der Waals surface area contributed by atoms with Gasteiger partial charge in [0.1, 0.15) is 11.6 Å². The molecule has 0 bridgehead atoms. The molecule has 0 radical (unpaired) electrons. The Bertz CT molecular complexity index is 627. The number of ether oxygens (including phenoxy) is 1. The maximum atomic E-state index is 13.6. The van der Waals surface area contributed by atoms with Crippen LogP contribution in [0.1, 0.15) is 10.4 Å². The van der Waals surface area contributed by atoms with Crippen molar-refractivity contribution in [1.29, 1.82) is 0 Å². The second kappa shape index (κ2) is 6.49. The molecule has 0 heterocycles. The van der Waals surface area contributed by atoms with Crippen molar-refractivity contribution in [3.63, 3.8) is 0 Å². The van der Waals surface area contributed by atoms with Crippen molar-refractivity contribution in [2.75, 3.05) is 5.32 Å². The van der Waals surface area contributed by atoms with Crippen LogP contribution in [0.2, 0.25) is 5.02 Å². The van der Waals surface area contributed by atoms with Gasteiger partial charge in [0.15, 0.2) is 0 Å². The van der Waals surface area contributed by atoms with E-state index in [1.165, 1.54) is 36.4 Å². The van der Waals surface area contributed by atoms with E-state index in [2.05, 4.69) is 10.1 Å². The van der Waals surface area contributed by atoms with E-state index in [1.54, 1.807) is 0 Å². The zero-order valence-electron chi connectivity index (χ0n) is 10.4. The largest absolute Gasteiger partial charge is 0.435 e. The van der Waals surface area contributed by atoms with Crippen LogP contribution in [0, 0.1) is 5.82 Å². The molecule has 0 saturated carbocycles. The lowest BCUT2D eigenvalue weighted by Gasteiger charge is -2.09. The summed E-state index contributed by atoms with van der Waals surface area (Å²) < 4.78 is 41.7. The van der Waals surface area contributed by atoms with E-state index in [0.717, 1.165) is 6.07 Å². The normalized spacial score (nSPS) is 10.5. The fourth-order valence-corrected chi connectivity index (χ4v) is 1.88. The first-order valence-corrected chi connectivity index (χ1v) is 6.15. The summed E-state index contributed by atoms with van der Waals surface area (Å²) in [6.45, 7) is -2.93. The summed E-state index contributed by atoms with van der Waals surface area (Å²) in [6, 6.07) is 9.09. The monoisotopic (exact) mass is 315 g/mol. The van der Waals surface area contributed by atoms with Gasteiger partial charge in [-0.25, -0.2) is 4.39 Å². The fourth-order valence-electron chi connectivity index (χ4n) is 1.63. The zero-order chi connectivity index (χ0) is 15.4. The van der Waals surface area contributed by atoms with E-state index in [4.69, 9.17) is 11.6 Å². The third-order valence-electron chi connectivity index (χ3n) is 2.53. The van der Waals surface area contributed by atoms with Gasteiger partial charge in [-0.3, -0.25) is 4.79 Å². The lowest BCUT2D eigenvalue weighted by Crippen LogP contribution is -2.14. The van der Waals surface area contributed by atoms with Gasteiger partial charge in [0.25, 0.3) is 5.91 Å². The van der Waals surface area contributed by atoms with Gasteiger partial charge < -0.3 is 10.1 Å². The molecule has 0 aliphatic heterocycles. The highest BCUT2D eigenvalue weighted by Gasteiger charge is 2.15. The lowest BCUT2D eigenvalue weighted by molar-refractivity contribution is -0.0498. The number of hydrogen-bond donors (Lipinski definition) is 1. The van der Waals surface area contributed by atoms with Crippen LogP contribution in [0.3, 0.4) is 0 Å². The highest BCUT2D eigenvalue weighted by Crippen LogP contribution is 2.22. The van der Waals surface area contributed by atoms with E-state index in [1.807, 2.05) is 0 Å². The number of alkyl halides is 2. The molecule has 0 aliphatic rings. The number of anilines is 1. The average Bonchev–Trinajstić information content (AvgIpc) is 2.40. The van der Waals surface area contributed by atoms with Gasteiger partial charge in [0.2, 0.25) is 0 Å². The van der Waals surface area contributed by atoms with Crippen LogP contribution in [0.4, 0.5) is 18.9 Å². The van der Waals surface area contributed by atoms with Gasteiger partial charge in [0.05, 0.1) is 10.6 Å². The summed E-state index contributed by atoms with van der Waals surface area (Å²) >= 11 is 5.77. The van der Waals surface area contributed by atoms with Crippen LogP contribution in [-0.4, -0.2) is 12.5 Å². The maximum Gasteiger partial charge on any atom is 0.387 e. The first kappa shape index (κ1) is 15.2. The van der Waals surface area contributed by atoms with Crippen LogP contribution in [0.25, 0.3) is 0 Å². The van der Waals surface area contributed by atoms with Crippen molar-refractivity contribution in [2.45, 2.75) is 6.61 Å². The molecule has 0 aromatic heterocycles. The Morgan fingerprint density at radius 3 is 2.38 bits per heavy atom. The molecular weight excluding hydrogens is 307 g/mol. The van der Waals surface area contributed by atoms with Crippen LogP contribution in [0.15, 0.2) is 42.5 Å². The van der Waals surface area contributed by atoms with E-state index < -0.39 is 18.3 Å². The van der Waals surface area contributed by atoms with E-state index >= 15 is 0 Å². The van der Waals surface area contributed by atoms with E-state index in [0.29, 0.717) is 5.69 Å².